The van der Waals surface area contributed by atoms with Gasteiger partial charge in [-0.3, -0.25) is 9.98 Å². The van der Waals surface area contributed by atoms with Gasteiger partial charge in [0.15, 0.2) is 0 Å². The quantitative estimate of drug-likeness (QED) is 0.138. The molecular weight excluding hydrogens is 705 g/mol. The van der Waals surface area contributed by atoms with Gasteiger partial charge in [-0.2, -0.15) is 0 Å². The van der Waals surface area contributed by atoms with Crippen molar-refractivity contribution in [2.24, 2.45) is 4.99 Å². The van der Waals surface area contributed by atoms with E-state index in [0.717, 1.165) is 61.0 Å². The topological polar surface area (TPSA) is 46.1 Å². The lowest BCUT2D eigenvalue weighted by Gasteiger charge is -2.13. The highest BCUT2D eigenvalue weighted by Gasteiger charge is 2.20. The predicted molar refractivity (Wildman–Crippen MR) is 245 cm³/mol. The first kappa shape index (κ1) is 33.5. The Labute approximate surface area is 335 Å². The molecule has 4 nitrogen and oxygen atoms in total. The van der Waals surface area contributed by atoms with Gasteiger partial charge in [0.05, 0.1) is 27.8 Å². The fourth-order valence-corrected chi connectivity index (χ4v) is 8.75. The number of hydrogen-bond donors (Lipinski definition) is 1. The van der Waals surface area contributed by atoms with E-state index in [1.54, 1.807) is 0 Å². The molecule has 0 aliphatic heterocycles. The van der Waals surface area contributed by atoms with Crippen LogP contribution in [0.15, 0.2) is 217 Å². The maximum Gasteiger partial charge on any atom is 0.227 e. The van der Waals surface area contributed by atoms with E-state index in [2.05, 4.69) is 187 Å². The average Bonchev–Trinajstić information content (AvgIpc) is 3.80. The van der Waals surface area contributed by atoms with Crippen molar-refractivity contribution < 1.29 is 0 Å². The zero-order valence-electron chi connectivity index (χ0n) is 31.5. The maximum absolute atomic E-state index is 9.63. The third kappa shape index (κ3) is 5.54. The lowest BCUT2D eigenvalue weighted by atomic mass is 9.94. The maximum atomic E-state index is 9.63. The number of benzene rings is 8. The fraction of sp³-hybridized carbons (Fsp3) is 0. The van der Waals surface area contributed by atoms with E-state index in [9.17, 15) is 5.41 Å². The molecule has 1 aliphatic carbocycles. The van der Waals surface area contributed by atoms with Crippen LogP contribution in [0.5, 0.6) is 0 Å². The molecule has 4 heteroatoms. The monoisotopic (exact) mass is 740 g/mol. The fourth-order valence-electron chi connectivity index (χ4n) is 8.75. The normalized spacial score (nSPS) is 14.2. The minimum absolute atomic E-state index is 0.160. The number of aromatic nitrogens is 2. The van der Waals surface area contributed by atoms with E-state index in [1.165, 1.54) is 38.2 Å². The summed E-state index contributed by atoms with van der Waals surface area (Å²) in [7, 11) is 0. The summed E-state index contributed by atoms with van der Waals surface area (Å²) in [5.41, 5.74) is 12.7. The third-order valence-corrected chi connectivity index (χ3v) is 11.4. The van der Waals surface area contributed by atoms with Crippen LogP contribution in [0.1, 0.15) is 5.56 Å². The summed E-state index contributed by atoms with van der Waals surface area (Å²) in [6, 6.07) is 64.5. The summed E-state index contributed by atoms with van der Waals surface area (Å²) in [5.74, 6) is 0.160. The van der Waals surface area contributed by atoms with Gasteiger partial charge in [0.25, 0.3) is 0 Å². The standard InChI is InChI=1S/C54H36N4/c55-54(56-48-24-12-7-17-40(48)33-36-27-29-38(30-28-36)37-15-3-1-4-16-37)58-49-25-13-10-21-43(49)44-32-31-39(34-51(44)58)47-35-52-53(45-22-9-8-20-42(45)47)46-23-11-14-26-50(46)57(52)41-18-5-2-6-19-41/h1-35,55H/b40-33+,55-54?,56-48-. The molecule has 1 N–H and O–H groups in total. The number of fused-ring (bicyclic) bond motifs is 8. The number of nitrogens with one attached hydrogen (secondary N) is 1. The molecule has 0 fully saturated rings. The molecular formula is C54H36N4. The minimum Gasteiger partial charge on any atom is -0.309 e. The summed E-state index contributed by atoms with van der Waals surface area (Å²) in [6.45, 7) is 0. The van der Waals surface area contributed by atoms with Crippen LogP contribution in [0.4, 0.5) is 0 Å². The van der Waals surface area contributed by atoms with Crippen LogP contribution >= 0.6 is 0 Å². The van der Waals surface area contributed by atoms with Gasteiger partial charge in [-0.05, 0) is 87.1 Å². The first-order valence-corrected chi connectivity index (χ1v) is 19.6. The van der Waals surface area contributed by atoms with Gasteiger partial charge in [0, 0.05) is 32.8 Å². The summed E-state index contributed by atoms with van der Waals surface area (Å²) in [6.07, 6.45) is 10.2. The molecule has 1 aliphatic rings. The Hall–Kier alpha value is -7.82. The van der Waals surface area contributed by atoms with Crippen molar-refractivity contribution in [3.63, 3.8) is 0 Å². The van der Waals surface area contributed by atoms with Crippen molar-refractivity contribution in [3.05, 3.63) is 217 Å². The van der Waals surface area contributed by atoms with Crippen molar-refractivity contribution in [2.75, 3.05) is 0 Å². The molecule has 2 heterocycles. The second kappa shape index (κ2) is 13.7. The van der Waals surface area contributed by atoms with Crippen molar-refractivity contribution in [3.8, 4) is 27.9 Å². The highest BCUT2D eigenvalue weighted by Crippen LogP contribution is 2.42. The molecule has 58 heavy (non-hydrogen) atoms. The molecule has 8 aromatic carbocycles. The molecule has 0 unspecified atom stereocenters. The largest absolute Gasteiger partial charge is 0.309 e. The zero-order valence-corrected chi connectivity index (χ0v) is 31.5. The Balaban J connectivity index is 1.06. The summed E-state index contributed by atoms with van der Waals surface area (Å²) in [4.78, 5) is 5.04. The molecule has 11 rings (SSSR count). The van der Waals surface area contributed by atoms with Crippen LogP contribution in [0.25, 0.3) is 88.4 Å². The lowest BCUT2D eigenvalue weighted by molar-refractivity contribution is 1.18. The Morgan fingerprint density at radius 1 is 0.466 bits per heavy atom. The number of nitrogens with zero attached hydrogens (tertiary/aromatic N) is 3. The van der Waals surface area contributed by atoms with Crippen molar-refractivity contribution in [1.82, 2.24) is 9.13 Å². The van der Waals surface area contributed by atoms with Gasteiger partial charge in [-0.25, -0.2) is 4.99 Å². The van der Waals surface area contributed by atoms with Gasteiger partial charge in [-0.15, -0.1) is 0 Å². The van der Waals surface area contributed by atoms with Crippen LogP contribution in [-0.2, 0) is 0 Å². The van der Waals surface area contributed by atoms with E-state index in [-0.39, 0.29) is 5.96 Å². The van der Waals surface area contributed by atoms with Crippen LogP contribution in [0, 0.1) is 5.41 Å². The first-order valence-electron chi connectivity index (χ1n) is 19.6. The van der Waals surface area contributed by atoms with Gasteiger partial charge in [0.2, 0.25) is 5.96 Å². The van der Waals surface area contributed by atoms with E-state index in [1.807, 2.05) is 34.9 Å². The smallest absolute Gasteiger partial charge is 0.227 e. The predicted octanol–water partition coefficient (Wildman–Crippen LogP) is 13.8. The molecule has 0 amide bonds. The zero-order chi connectivity index (χ0) is 38.6. The van der Waals surface area contributed by atoms with Crippen LogP contribution in [0.2, 0.25) is 0 Å². The Morgan fingerprint density at radius 3 is 1.86 bits per heavy atom. The molecule has 0 radical (unpaired) electrons. The molecule has 0 spiro atoms. The average molecular weight is 741 g/mol. The van der Waals surface area contributed by atoms with Crippen LogP contribution in [0.3, 0.4) is 0 Å². The van der Waals surface area contributed by atoms with Gasteiger partial charge >= 0.3 is 0 Å². The van der Waals surface area contributed by atoms with Crippen molar-refractivity contribution in [1.29, 1.82) is 5.41 Å². The Morgan fingerprint density at radius 2 is 1.07 bits per heavy atom. The van der Waals surface area contributed by atoms with Gasteiger partial charge < -0.3 is 4.57 Å². The summed E-state index contributed by atoms with van der Waals surface area (Å²) >= 11 is 0. The number of aliphatic imine (C=N–C) groups is 1. The van der Waals surface area contributed by atoms with Crippen molar-refractivity contribution in [2.45, 2.75) is 0 Å². The molecule has 0 atom stereocenters. The molecule has 2 aromatic heterocycles. The highest BCUT2D eigenvalue weighted by molar-refractivity contribution is 6.25. The second-order valence-electron chi connectivity index (χ2n) is 14.8. The lowest BCUT2D eigenvalue weighted by Crippen LogP contribution is -2.12. The minimum atomic E-state index is 0.160. The van der Waals surface area contributed by atoms with E-state index >= 15 is 0 Å². The molecule has 10 aromatic rings. The second-order valence-corrected chi connectivity index (χ2v) is 14.8. The Bertz CT molecular complexity index is 3370. The number of allylic oxidation sites excluding steroid dienone is 5. The number of hydrogen-bond acceptors (Lipinski definition) is 1. The summed E-state index contributed by atoms with van der Waals surface area (Å²) < 4.78 is 4.39. The van der Waals surface area contributed by atoms with E-state index in [0.29, 0.717) is 0 Å². The highest BCUT2D eigenvalue weighted by atomic mass is 15.1. The summed E-state index contributed by atoms with van der Waals surface area (Å²) in [5, 5.41) is 16.7. The molecule has 0 bridgehead atoms. The van der Waals surface area contributed by atoms with E-state index in [4.69, 9.17) is 4.99 Å². The number of para-hydroxylation sites is 3. The van der Waals surface area contributed by atoms with Gasteiger partial charge in [-0.1, -0.05) is 164 Å². The SMILES string of the molecule is N=C(/N=C1/C=CC=C/C1=C\c1ccc(-c2ccccc2)cc1)n1c2ccccc2c2ccc(-c3cc4c(c5ccccc35)c3ccccc3n4-c3ccccc3)cc21. The van der Waals surface area contributed by atoms with Crippen LogP contribution < -0.4 is 0 Å². The molecule has 0 saturated heterocycles. The first-order chi connectivity index (χ1) is 28.7. The molecule has 272 valence electrons. The molecule has 0 saturated carbocycles. The number of rotatable bonds is 4. The van der Waals surface area contributed by atoms with Gasteiger partial charge in [0.1, 0.15) is 0 Å². The Kier molecular flexibility index (Phi) is 7.93. The third-order valence-electron chi connectivity index (χ3n) is 11.4. The van der Waals surface area contributed by atoms with Crippen LogP contribution in [-0.4, -0.2) is 20.8 Å². The van der Waals surface area contributed by atoms with Crippen molar-refractivity contribution >= 4 is 72.1 Å². The van der Waals surface area contributed by atoms with E-state index < -0.39 is 0 Å².